The van der Waals surface area contributed by atoms with E-state index < -0.39 is 0 Å². The zero-order valence-corrected chi connectivity index (χ0v) is 15.4. The molecule has 0 unspecified atom stereocenters. The first kappa shape index (κ1) is 17.0. The molecule has 0 saturated carbocycles. The molecule has 0 radical (unpaired) electrons. The van der Waals surface area contributed by atoms with E-state index in [0.29, 0.717) is 6.04 Å². The number of pyridine rings is 2. The predicted octanol–water partition coefficient (Wildman–Crippen LogP) is 2.82. The molecule has 4 rings (SSSR count). The maximum atomic E-state index is 5.60. The normalized spacial score (nSPS) is 16.0. The van der Waals surface area contributed by atoms with Crippen LogP contribution in [0.2, 0.25) is 0 Å². The Morgan fingerprint density at radius 1 is 1.12 bits per heavy atom. The fraction of sp³-hybridized carbons (Fsp3) is 0.333. The van der Waals surface area contributed by atoms with Crippen LogP contribution in [0.4, 0.5) is 11.8 Å². The van der Waals surface area contributed by atoms with Crippen LogP contribution < -0.4 is 11.1 Å². The average molecular weight is 367 g/mol. The lowest BCUT2D eigenvalue weighted by atomic mass is 10.1. The van der Waals surface area contributed by atoms with Crippen molar-refractivity contribution in [3.05, 3.63) is 36.9 Å². The van der Waals surface area contributed by atoms with Crippen LogP contribution in [0.15, 0.2) is 36.9 Å². The van der Waals surface area contributed by atoms with Crippen molar-refractivity contribution in [1.82, 2.24) is 24.2 Å². The van der Waals surface area contributed by atoms with E-state index in [1.807, 2.05) is 24.2 Å². The van der Waals surface area contributed by atoms with Gasteiger partial charge in [0.15, 0.2) is 0 Å². The molecule has 7 nitrogen and oxygen atoms in total. The minimum Gasteiger partial charge on any atom is -0.368 e. The maximum Gasteiger partial charge on any atom is 0.219 e. The molecule has 1 aliphatic heterocycles. The third kappa shape index (κ3) is 3.56. The summed E-state index contributed by atoms with van der Waals surface area (Å²) in [4.78, 5) is 17.3. The Kier molecular flexibility index (Phi) is 4.85. The second kappa shape index (κ2) is 7.43. The third-order valence-electron chi connectivity index (χ3n) is 4.66. The van der Waals surface area contributed by atoms with Crippen LogP contribution >= 0.6 is 11.9 Å². The number of fused-ring (bicyclic) bond motifs is 1. The molecule has 0 atom stereocenters. The van der Waals surface area contributed by atoms with E-state index in [2.05, 4.69) is 41.9 Å². The highest BCUT2D eigenvalue weighted by atomic mass is 32.2. The standard InChI is InChI=1S/C18H21N7S/c1-26-25-6-3-14(4-7-25)24-16-8-15-12(9-21-16)2-5-20-17(15)13-10-22-18(19)23-11-13/h2,5,8-11,14H,3-4,6-7H2,1H3,(H,21,24)(H2,19,22,23). The number of piperidine rings is 1. The molecule has 0 amide bonds. The maximum absolute atomic E-state index is 5.60. The Bertz CT molecular complexity index is 892. The summed E-state index contributed by atoms with van der Waals surface area (Å²) in [6.45, 7) is 2.20. The molecule has 1 fully saturated rings. The summed E-state index contributed by atoms with van der Waals surface area (Å²) < 4.78 is 2.40. The molecule has 134 valence electrons. The second-order valence-electron chi connectivity index (χ2n) is 6.31. The van der Waals surface area contributed by atoms with Gasteiger partial charge in [0.2, 0.25) is 5.95 Å². The lowest BCUT2D eigenvalue weighted by Crippen LogP contribution is -2.35. The zero-order valence-electron chi connectivity index (χ0n) is 14.6. The second-order valence-corrected chi connectivity index (χ2v) is 7.19. The largest absolute Gasteiger partial charge is 0.368 e. The molecular weight excluding hydrogens is 346 g/mol. The Balaban J connectivity index is 1.62. The molecule has 26 heavy (non-hydrogen) atoms. The zero-order chi connectivity index (χ0) is 17.9. The van der Waals surface area contributed by atoms with Crippen molar-refractivity contribution in [2.24, 2.45) is 0 Å². The van der Waals surface area contributed by atoms with Crippen LogP contribution in [0.3, 0.4) is 0 Å². The SMILES string of the molecule is CSN1CCC(Nc2cc3c(-c4cnc(N)nc4)nccc3cn2)CC1. The van der Waals surface area contributed by atoms with E-state index in [0.717, 1.165) is 53.8 Å². The Morgan fingerprint density at radius 3 is 2.62 bits per heavy atom. The van der Waals surface area contributed by atoms with E-state index in [4.69, 9.17) is 5.73 Å². The highest BCUT2D eigenvalue weighted by Gasteiger charge is 2.19. The summed E-state index contributed by atoms with van der Waals surface area (Å²) in [5.74, 6) is 1.14. The van der Waals surface area contributed by atoms with Crippen LogP contribution in [-0.4, -0.2) is 49.6 Å². The van der Waals surface area contributed by atoms with E-state index in [-0.39, 0.29) is 5.95 Å². The summed E-state index contributed by atoms with van der Waals surface area (Å²) in [7, 11) is 0. The van der Waals surface area contributed by atoms with Gasteiger partial charge in [0.1, 0.15) is 5.82 Å². The van der Waals surface area contributed by atoms with E-state index in [1.54, 1.807) is 18.6 Å². The van der Waals surface area contributed by atoms with Crippen LogP contribution in [0.5, 0.6) is 0 Å². The Morgan fingerprint density at radius 2 is 1.88 bits per heavy atom. The summed E-state index contributed by atoms with van der Waals surface area (Å²) in [5.41, 5.74) is 7.28. The molecule has 0 aromatic carbocycles. The summed E-state index contributed by atoms with van der Waals surface area (Å²) in [6.07, 6.45) is 11.4. The number of nitrogens with one attached hydrogen (secondary N) is 1. The van der Waals surface area contributed by atoms with Crippen molar-refractivity contribution >= 4 is 34.5 Å². The number of aromatic nitrogens is 4. The molecule has 1 aliphatic rings. The van der Waals surface area contributed by atoms with Gasteiger partial charge in [0, 0.05) is 60.3 Å². The summed E-state index contributed by atoms with van der Waals surface area (Å²) >= 11 is 1.82. The number of rotatable bonds is 4. The molecule has 0 bridgehead atoms. The van der Waals surface area contributed by atoms with Crippen molar-refractivity contribution < 1.29 is 0 Å². The Hall–Kier alpha value is -2.45. The smallest absolute Gasteiger partial charge is 0.219 e. The minimum absolute atomic E-state index is 0.259. The fourth-order valence-electron chi connectivity index (χ4n) is 3.23. The van der Waals surface area contributed by atoms with Crippen LogP contribution in [-0.2, 0) is 0 Å². The van der Waals surface area contributed by atoms with Gasteiger partial charge in [-0.1, -0.05) is 11.9 Å². The van der Waals surface area contributed by atoms with E-state index in [1.165, 1.54) is 0 Å². The van der Waals surface area contributed by atoms with Gasteiger partial charge in [0.05, 0.1) is 5.69 Å². The number of hydrogen-bond acceptors (Lipinski definition) is 8. The third-order valence-corrected chi connectivity index (χ3v) is 5.54. The molecule has 3 aromatic heterocycles. The highest BCUT2D eigenvalue weighted by Crippen LogP contribution is 2.28. The van der Waals surface area contributed by atoms with Gasteiger partial charge in [0.25, 0.3) is 0 Å². The first-order chi connectivity index (χ1) is 12.7. The molecule has 8 heteroatoms. The molecule has 3 aromatic rings. The highest BCUT2D eigenvalue weighted by molar-refractivity contribution is 7.96. The monoisotopic (exact) mass is 367 g/mol. The molecular formula is C18H21N7S. The number of hydrogen-bond donors (Lipinski definition) is 2. The van der Waals surface area contributed by atoms with E-state index in [9.17, 15) is 0 Å². The van der Waals surface area contributed by atoms with Gasteiger partial charge in [-0.25, -0.2) is 15.0 Å². The minimum atomic E-state index is 0.259. The van der Waals surface area contributed by atoms with Gasteiger partial charge >= 0.3 is 0 Å². The van der Waals surface area contributed by atoms with Gasteiger partial charge < -0.3 is 11.1 Å². The average Bonchev–Trinajstić information content (AvgIpc) is 2.69. The number of nitrogens with zero attached hydrogens (tertiary/aromatic N) is 5. The molecule has 0 aliphatic carbocycles. The van der Waals surface area contributed by atoms with Crippen LogP contribution in [0.1, 0.15) is 12.8 Å². The first-order valence-corrected chi connectivity index (χ1v) is 9.79. The number of nitrogen functional groups attached to an aromatic ring is 1. The van der Waals surface area contributed by atoms with Crippen molar-refractivity contribution in [2.75, 3.05) is 30.4 Å². The van der Waals surface area contributed by atoms with Crippen molar-refractivity contribution in [2.45, 2.75) is 18.9 Å². The topological polar surface area (TPSA) is 92.8 Å². The van der Waals surface area contributed by atoms with Crippen molar-refractivity contribution in [1.29, 1.82) is 0 Å². The van der Waals surface area contributed by atoms with Gasteiger partial charge in [-0.05, 0) is 31.2 Å². The lowest BCUT2D eigenvalue weighted by Gasteiger charge is -2.30. The van der Waals surface area contributed by atoms with Crippen LogP contribution in [0, 0.1) is 0 Å². The van der Waals surface area contributed by atoms with Gasteiger partial charge in [-0.3, -0.25) is 9.29 Å². The quantitative estimate of drug-likeness (QED) is 0.680. The molecule has 0 spiro atoms. The Labute approximate surface area is 156 Å². The summed E-state index contributed by atoms with van der Waals surface area (Å²) in [6, 6.07) is 4.48. The fourth-order valence-corrected chi connectivity index (χ4v) is 3.80. The first-order valence-electron chi connectivity index (χ1n) is 8.61. The molecule has 4 heterocycles. The number of nitrogens with two attached hydrogens (primary N) is 1. The van der Waals surface area contributed by atoms with Crippen LogP contribution in [0.25, 0.3) is 22.0 Å². The predicted molar refractivity (Wildman–Crippen MR) is 107 cm³/mol. The van der Waals surface area contributed by atoms with Crippen molar-refractivity contribution in [3.8, 4) is 11.3 Å². The molecule has 3 N–H and O–H groups in total. The number of anilines is 2. The molecule has 1 saturated heterocycles. The van der Waals surface area contributed by atoms with Gasteiger partial charge in [-0.2, -0.15) is 0 Å². The van der Waals surface area contributed by atoms with E-state index >= 15 is 0 Å². The lowest BCUT2D eigenvalue weighted by molar-refractivity contribution is 0.359. The summed E-state index contributed by atoms with van der Waals surface area (Å²) in [5, 5.41) is 5.64. The van der Waals surface area contributed by atoms with Gasteiger partial charge in [-0.15, -0.1) is 0 Å². The van der Waals surface area contributed by atoms with Crippen molar-refractivity contribution in [3.63, 3.8) is 0 Å².